The van der Waals surface area contributed by atoms with Gasteiger partial charge in [-0.2, -0.15) is 13.2 Å². The molecule has 5 aromatic rings. The maximum absolute atomic E-state index is 13.8. The number of benzene rings is 3. The lowest BCUT2D eigenvalue weighted by Crippen LogP contribution is -2.36. The van der Waals surface area contributed by atoms with Gasteiger partial charge in [-0.15, -0.1) is 0 Å². The fourth-order valence-corrected chi connectivity index (χ4v) is 5.91. The van der Waals surface area contributed by atoms with E-state index >= 15 is 0 Å². The van der Waals surface area contributed by atoms with Crippen molar-refractivity contribution in [3.63, 3.8) is 0 Å². The topological polar surface area (TPSA) is 42.6 Å². The molecule has 0 amide bonds. The predicted molar refractivity (Wildman–Crippen MR) is 154 cm³/mol. The van der Waals surface area contributed by atoms with E-state index in [2.05, 4.69) is 74.1 Å². The van der Waals surface area contributed by atoms with Crippen molar-refractivity contribution in [2.45, 2.75) is 67.0 Å². The fraction of sp³-hybridized carbons (Fsp3) is 0.333. The zero-order valence-electron chi connectivity index (χ0n) is 24.5. The number of hydrogen-bond acceptors (Lipinski definition) is 3. The minimum Gasteiger partial charge on any atom is -0.221 e. The summed E-state index contributed by atoms with van der Waals surface area (Å²) in [6.45, 7) is 16.1. The van der Waals surface area contributed by atoms with Gasteiger partial charge in [0.1, 0.15) is 5.69 Å². The SMILES string of the molecule is Cc1cc(C)c(-c2nc3nc(C(F)(F)F)c(C)nc3[n+](C)c2-c2cc(C(C)(C)C)c3ccccc3c2C)c(C)c1. The molecule has 0 atom stereocenters. The quantitative estimate of drug-likeness (QED) is 0.211. The fourth-order valence-electron chi connectivity index (χ4n) is 5.91. The van der Waals surface area contributed by atoms with Crippen molar-refractivity contribution in [3.05, 3.63) is 81.7 Å². The molecule has 0 radical (unpaired) electrons. The number of fused-ring (bicyclic) bond motifs is 2. The van der Waals surface area contributed by atoms with E-state index in [1.165, 1.54) is 17.9 Å². The van der Waals surface area contributed by atoms with Crippen LogP contribution in [0.25, 0.3) is 44.6 Å². The normalized spacial score (nSPS) is 12.5. The van der Waals surface area contributed by atoms with Gasteiger partial charge >= 0.3 is 11.8 Å². The number of aromatic nitrogens is 4. The third kappa shape index (κ3) is 4.51. The monoisotopic (exact) mass is 543 g/mol. The van der Waals surface area contributed by atoms with Crippen LogP contribution >= 0.6 is 0 Å². The average Bonchev–Trinajstić information content (AvgIpc) is 2.83. The van der Waals surface area contributed by atoms with Crippen molar-refractivity contribution in [1.29, 1.82) is 0 Å². The number of rotatable bonds is 2. The smallest absolute Gasteiger partial charge is 0.221 e. The molecule has 2 heterocycles. The van der Waals surface area contributed by atoms with Gasteiger partial charge in [0.15, 0.2) is 17.1 Å². The highest BCUT2D eigenvalue weighted by Gasteiger charge is 2.39. The van der Waals surface area contributed by atoms with E-state index < -0.39 is 11.9 Å². The Morgan fingerprint density at radius 2 is 1.38 bits per heavy atom. The van der Waals surface area contributed by atoms with Gasteiger partial charge in [0.25, 0.3) is 0 Å². The van der Waals surface area contributed by atoms with Gasteiger partial charge in [0.2, 0.25) is 5.65 Å². The molecule has 5 rings (SSSR count). The second-order valence-electron chi connectivity index (χ2n) is 11.8. The van der Waals surface area contributed by atoms with Gasteiger partial charge in [-0.3, -0.25) is 0 Å². The van der Waals surface area contributed by atoms with Crippen LogP contribution in [0.4, 0.5) is 13.2 Å². The number of aryl methyl sites for hydroxylation is 6. The summed E-state index contributed by atoms with van der Waals surface area (Å²) < 4.78 is 43.4. The number of alkyl halides is 3. The largest absolute Gasteiger partial charge is 0.437 e. The van der Waals surface area contributed by atoms with Gasteiger partial charge in [0.05, 0.1) is 7.05 Å². The van der Waals surface area contributed by atoms with E-state index in [-0.39, 0.29) is 16.8 Å². The molecule has 0 saturated heterocycles. The van der Waals surface area contributed by atoms with Gasteiger partial charge in [-0.1, -0.05) is 62.7 Å². The minimum absolute atomic E-state index is 0.0342. The summed E-state index contributed by atoms with van der Waals surface area (Å²) in [6.07, 6.45) is -4.63. The van der Waals surface area contributed by atoms with Crippen molar-refractivity contribution < 1.29 is 17.7 Å². The highest BCUT2D eigenvalue weighted by molar-refractivity contribution is 5.96. The van der Waals surface area contributed by atoms with Crippen LogP contribution in [0, 0.1) is 34.6 Å². The first-order chi connectivity index (χ1) is 18.6. The molecule has 0 fully saturated rings. The molecule has 7 heteroatoms. The van der Waals surface area contributed by atoms with E-state index in [9.17, 15) is 13.2 Å². The first-order valence-electron chi connectivity index (χ1n) is 13.4. The summed E-state index contributed by atoms with van der Waals surface area (Å²) in [6, 6.07) is 14.7. The van der Waals surface area contributed by atoms with Crippen LogP contribution in [-0.4, -0.2) is 15.0 Å². The molecule has 0 unspecified atom stereocenters. The van der Waals surface area contributed by atoms with Crippen molar-refractivity contribution >= 4 is 22.1 Å². The lowest BCUT2D eigenvalue weighted by Gasteiger charge is -2.25. The molecule has 4 nitrogen and oxygen atoms in total. The van der Waals surface area contributed by atoms with Gasteiger partial charge < -0.3 is 0 Å². The van der Waals surface area contributed by atoms with E-state index in [0.29, 0.717) is 11.3 Å². The van der Waals surface area contributed by atoms with Gasteiger partial charge in [-0.05, 0) is 77.2 Å². The first kappa shape index (κ1) is 27.7. The molecule has 0 aliphatic carbocycles. The first-order valence-corrected chi connectivity index (χ1v) is 13.4. The summed E-state index contributed by atoms with van der Waals surface area (Å²) in [5, 5.41) is 2.31. The molecular formula is C33H34F3N4+. The highest BCUT2D eigenvalue weighted by Crippen LogP contribution is 2.41. The summed E-state index contributed by atoms with van der Waals surface area (Å²) in [5.41, 5.74) is 7.52. The molecule has 206 valence electrons. The van der Waals surface area contributed by atoms with Crippen LogP contribution in [0.15, 0.2) is 42.5 Å². The Labute approximate surface area is 233 Å². The van der Waals surface area contributed by atoms with Crippen molar-refractivity contribution in [1.82, 2.24) is 15.0 Å². The number of hydrogen-bond donors (Lipinski definition) is 0. The second-order valence-corrected chi connectivity index (χ2v) is 11.8. The van der Waals surface area contributed by atoms with E-state index in [0.717, 1.165) is 44.5 Å². The van der Waals surface area contributed by atoms with Crippen molar-refractivity contribution in [2.24, 2.45) is 7.05 Å². The zero-order valence-corrected chi connectivity index (χ0v) is 24.5. The molecule has 40 heavy (non-hydrogen) atoms. The van der Waals surface area contributed by atoms with E-state index in [1.54, 1.807) is 0 Å². The van der Waals surface area contributed by atoms with Gasteiger partial charge in [0, 0.05) is 18.1 Å². The lowest BCUT2D eigenvalue weighted by molar-refractivity contribution is -0.635. The molecule has 0 saturated carbocycles. The molecule has 0 aliphatic rings. The molecular weight excluding hydrogens is 509 g/mol. The molecule has 0 spiro atoms. The summed E-state index contributed by atoms with van der Waals surface area (Å²) in [7, 11) is 1.84. The van der Waals surface area contributed by atoms with Crippen molar-refractivity contribution in [3.8, 4) is 22.5 Å². The van der Waals surface area contributed by atoms with Crippen molar-refractivity contribution in [2.75, 3.05) is 0 Å². The van der Waals surface area contributed by atoms with Gasteiger partial charge in [-0.25, -0.2) is 14.5 Å². The van der Waals surface area contributed by atoms with Crippen LogP contribution in [0.3, 0.4) is 0 Å². The van der Waals surface area contributed by atoms with Crippen LogP contribution in [0.2, 0.25) is 0 Å². The third-order valence-electron chi connectivity index (χ3n) is 7.69. The second kappa shape index (κ2) is 9.36. The maximum Gasteiger partial charge on any atom is 0.437 e. The Morgan fingerprint density at radius 3 is 1.95 bits per heavy atom. The van der Waals surface area contributed by atoms with E-state index in [4.69, 9.17) is 4.98 Å². The zero-order chi connectivity index (χ0) is 29.3. The summed E-state index contributed by atoms with van der Waals surface area (Å²) >= 11 is 0. The minimum atomic E-state index is -4.63. The Hall–Kier alpha value is -3.87. The Kier molecular flexibility index (Phi) is 6.48. The van der Waals surface area contributed by atoms with Crippen LogP contribution < -0.4 is 4.57 Å². The standard InChI is InChI=1S/C33H34F3N4/c1-17-14-18(2)26(19(3)15-17)27-28(40(9)31-30(38-27)39-29(21(5)37-31)33(34,35)36)24-16-25(32(6,7)8)23-13-11-10-12-22(23)20(24)4/h10-16H,1-9H3/q+1. The van der Waals surface area contributed by atoms with E-state index in [1.807, 2.05) is 38.5 Å². The lowest BCUT2D eigenvalue weighted by atomic mass is 9.80. The Morgan fingerprint density at radius 1 is 0.775 bits per heavy atom. The molecule has 3 aromatic carbocycles. The summed E-state index contributed by atoms with van der Waals surface area (Å²) in [4.78, 5) is 13.3. The summed E-state index contributed by atoms with van der Waals surface area (Å²) in [5.74, 6) is 0. The maximum atomic E-state index is 13.8. The molecule has 0 bridgehead atoms. The Bertz CT molecular complexity index is 1810. The Balaban J connectivity index is 2.01. The average molecular weight is 544 g/mol. The predicted octanol–water partition coefficient (Wildman–Crippen LogP) is 8.19. The molecule has 0 aliphatic heterocycles. The third-order valence-corrected chi connectivity index (χ3v) is 7.69. The number of nitrogens with zero attached hydrogens (tertiary/aromatic N) is 4. The van der Waals surface area contributed by atoms with Crippen LogP contribution in [0.5, 0.6) is 0 Å². The molecule has 2 aromatic heterocycles. The molecule has 0 N–H and O–H groups in total. The number of halogens is 3. The highest BCUT2D eigenvalue weighted by atomic mass is 19.4. The van der Waals surface area contributed by atoms with Crippen LogP contribution in [0.1, 0.15) is 60.0 Å². The van der Waals surface area contributed by atoms with Crippen LogP contribution in [-0.2, 0) is 18.6 Å².